The summed E-state index contributed by atoms with van der Waals surface area (Å²) in [5, 5.41) is 10.5. The third-order valence-electron chi connectivity index (χ3n) is 4.66. The maximum absolute atomic E-state index is 10.5. The van der Waals surface area contributed by atoms with Crippen LogP contribution in [0.4, 0.5) is 0 Å². The van der Waals surface area contributed by atoms with E-state index < -0.39 is 6.10 Å². The molecule has 1 aromatic rings. The summed E-state index contributed by atoms with van der Waals surface area (Å²) in [6, 6.07) is 9.63. The zero-order valence-corrected chi connectivity index (χ0v) is 20.0. The number of rotatable bonds is 15. The van der Waals surface area contributed by atoms with E-state index in [9.17, 15) is 5.11 Å². The Balaban J connectivity index is 2.56. The highest BCUT2D eigenvalue weighted by Crippen LogP contribution is 2.09. The molecule has 1 aromatic carbocycles. The van der Waals surface area contributed by atoms with Gasteiger partial charge in [0.25, 0.3) is 0 Å². The Hall–Kier alpha value is -1.72. The predicted molar refractivity (Wildman–Crippen MR) is 129 cm³/mol. The largest absolute Gasteiger partial charge is 0.491 e. The first-order valence-electron chi connectivity index (χ1n) is 11.3. The molecular weight excluding hydrogens is 374 g/mol. The number of hydrogen-bond acceptors (Lipinski definition) is 5. The van der Waals surface area contributed by atoms with Crippen molar-refractivity contribution in [3.63, 3.8) is 0 Å². The van der Waals surface area contributed by atoms with Crippen LogP contribution in [0.5, 0.6) is 5.75 Å². The molecule has 0 saturated heterocycles. The van der Waals surface area contributed by atoms with Gasteiger partial charge in [-0.3, -0.25) is 14.9 Å². The quantitative estimate of drug-likeness (QED) is 0.419. The van der Waals surface area contributed by atoms with Gasteiger partial charge in [-0.1, -0.05) is 45.9 Å². The molecule has 1 atom stereocenters. The van der Waals surface area contributed by atoms with Gasteiger partial charge in [-0.15, -0.1) is 0 Å². The van der Waals surface area contributed by atoms with Crippen molar-refractivity contribution < 1.29 is 9.84 Å². The van der Waals surface area contributed by atoms with Gasteiger partial charge in [0, 0.05) is 31.1 Å². The van der Waals surface area contributed by atoms with Gasteiger partial charge in [0.15, 0.2) is 0 Å². The summed E-state index contributed by atoms with van der Waals surface area (Å²) in [6.45, 7) is 17.0. The molecule has 5 nitrogen and oxygen atoms in total. The van der Waals surface area contributed by atoms with Crippen LogP contribution >= 0.6 is 0 Å². The molecular formula is C25H43N3O2. The molecule has 170 valence electrons. The number of nitrogens with zero attached hydrogens (tertiary/aromatic N) is 3. The topological polar surface area (TPSA) is 57.4 Å². The third-order valence-corrected chi connectivity index (χ3v) is 4.66. The average molecular weight is 418 g/mol. The van der Waals surface area contributed by atoms with E-state index in [-0.39, 0.29) is 6.61 Å². The molecule has 0 heterocycles. The lowest BCUT2D eigenvalue weighted by molar-refractivity contribution is 0.0702. The number of aliphatic hydroxyl groups excluding tert-OH is 1. The normalized spacial score (nSPS) is 14.1. The summed E-state index contributed by atoms with van der Waals surface area (Å²) in [5.41, 5.74) is 2.40. The molecule has 30 heavy (non-hydrogen) atoms. The molecule has 0 bridgehead atoms. The fourth-order valence-electron chi connectivity index (χ4n) is 3.43. The van der Waals surface area contributed by atoms with Crippen LogP contribution < -0.4 is 4.74 Å². The molecule has 5 heteroatoms. The van der Waals surface area contributed by atoms with Gasteiger partial charge in [0.05, 0.1) is 13.1 Å². The van der Waals surface area contributed by atoms with Crippen molar-refractivity contribution >= 4 is 11.4 Å². The molecule has 0 fully saturated rings. The Bertz CT molecular complexity index is 597. The first-order chi connectivity index (χ1) is 14.3. The highest BCUT2D eigenvalue weighted by atomic mass is 16.5. The molecule has 0 amide bonds. The number of ether oxygens (including phenoxy) is 1. The lowest BCUT2D eigenvalue weighted by Gasteiger charge is -2.24. The number of benzene rings is 1. The molecule has 0 spiro atoms. The monoisotopic (exact) mass is 417 g/mol. The molecule has 0 radical (unpaired) electrons. The molecule has 0 aliphatic heterocycles. The SMILES string of the molecule is CC(CC(C)C)=NCCN(CCN=C(C)CC(C)C)CC(O)COc1ccccc1. The second-order valence-electron chi connectivity index (χ2n) is 9.01. The Kier molecular flexibility index (Phi) is 13.3. The van der Waals surface area contributed by atoms with Crippen LogP contribution in [0.2, 0.25) is 0 Å². The second-order valence-corrected chi connectivity index (χ2v) is 9.01. The van der Waals surface area contributed by atoms with Crippen molar-refractivity contribution in [2.24, 2.45) is 21.8 Å². The van der Waals surface area contributed by atoms with Crippen molar-refractivity contribution in [1.82, 2.24) is 4.90 Å². The van der Waals surface area contributed by atoms with Crippen molar-refractivity contribution in [2.75, 3.05) is 39.3 Å². The summed E-state index contributed by atoms with van der Waals surface area (Å²) >= 11 is 0. The van der Waals surface area contributed by atoms with E-state index in [0.29, 0.717) is 18.4 Å². The molecule has 1 N–H and O–H groups in total. The van der Waals surface area contributed by atoms with E-state index in [2.05, 4.69) is 46.4 Å². The fourth-order valence-corrected chi connectivity index (χ4v) is 3.43. The van der Waals surface area contributed by atoms with E-state index in [1.54, 1.807) is 0 Å². The fraction of sp³-hybridized carbons (Fsp3) is 0.680. The summed E-state index contributed by atoms with van der Waals surface area (Å²) in [6.07, 6.45) is 1.52. The molecule has 0 aliphatic carbocycles. The number of aliphatic hydroxyl groups is 1. The zero-order valence-electron chi connectivity index (χ0n) is 20.0. The van der Waals surface area contributed by atoms with E-state index in [1.165, 1.54) is 11.4 Å². The van der Waals surface area contributed by atoms with E-state index in [1.807, 2.05) is 30.3 Å². The van der Waals surface area contributed by atoms with Crippen molar-refractivity contribution in [2.45, 2.75) is 60.5 Å². The number of para-hydroxylation sites is 1. The van der Waals surface area contributed by atoms with Crippen molar-refractivity contribution in [3.05, 3.63) is 30.3 Å². The predicted octanol–water partition coefficient (Wildman–Crippen LogP) is 4.74. The van der Waals surface area contributed by atoms with Crippen molar-refractivity contribution in [3.8, 4) is 5.75 Å². The molecule has 0 saturated carbocycles. The van der Waals surface area contributed by atoms with Crippen LogP contribution in [0.15, 0.2) is 40.3 Å². The van der Waals surface area contributed by atoms with Gasteiger partial charge in [0.2, 0.25) is 0 Å². The lowest BCUT2D eigenvalue weighted by Crippen LogP contribution is -2.38. The summed E-state index contributed by atoms with van der Waals surface area (Å²) in [4.78, 5) is 11.7. The van der Waals surface area contributed by atoms with Crippen LogP contribution in [0.3, 0.4) is 0 Å². The first kappa shape index (κ1) is 26.3. The van der Waals surface area contributed by atoms with Gasteiger partial charge < -0.3 is 9.84 Å². The van der Waals surface area contributed by atoms with Crippen LogP contribution in [0.25, 0.3) is 0 Å². The smallest absolute Gasteiger partial charge is 0.119 e. The molecule has 0 aromatic heterocycles. The summed E-state index contributed by atoms with van der Waals surface area (Å²) < 4.78 is 5.71. The van der Waals surface area contributed by atoms with Gasteiger partial charge in [-0.2, -0.15) is 0 Å². The van der Waals surface area contributed by atoms with Gasteiger partial charge in [-0.05, 0) is 50.7 Å². The Morgan fingerprint density at radius 2 is 1.40 bits per heavy atom. The second kappa shape index (κ2) is 15.1. The Morgan fingerprint density at radius 1 is 0.900 bits per heavy atom. The van der Waals surface area contributed by atoms with Crippen LogP contribution in [-0.2, 0) is 0 Å². The van der Waals surface area contributed by atoms with Gasteiger partial charge in [0.1, 0.15) is 18.5 Å². The van der Waals surface area contributed by atoms with Crippen LogP contribution in [-0.4, -0.2) is 66.9 Å². The van der Waals surface area contributed by atoms with Gasteiger partial charge >= 0.3 is 0 Å². The third kappa shape index (κ3) is 13.5. The maximum atomic E-state index is 10.5. The lowest BCUT2D eigenvalue weighted by atomic mass is 10.1. The zero-order chi connectivity index (χ0) is 22.4. The minimum absolute atomic E-state index is 0.284. The van der Waals surface area contributed by atoms with Crippen LogP contribution in [0, 0.1) is 11.8 Å². The first-order valence-corrected chi connectivity index (χ1v) is 11.3. The summed E-state index contributed by atoms with van der Waals surface area (Å²) in [5.74, 6) is 2.03. The molecule has 0 aliphatic rings. The Morgan fingerprint density at radius 3 is 1.87 bits per heavy atom. The van der Waals surface area contributed by atoms with Crippen LogP contribution in [0.1, 0.15) is 54.4 Å². The van der Waals surface area contributed by atoms with Gasteiger partial charge in [-0.25, -0.2) is 0 Å². The van der Waals surface area contributed by atoms with Crippen molar-refractivity contribution in [1.29, 1.82) is 0 Å². The van der Waals surface area contributed by atoms with E-state index in [0.717, 1.165) is 44.8 Å². The van der Waals surface area contributed by atoms with E-state index in [4.69, 9.17) is 14.7 Å². The standard InChI is InChI=1S/C25H43N3O2/c1-20(2)16-22(5)26-12-14-28(15-13-27-23(6)17-21(3)4)18-24(29)19-30-25-10-8-7-9-11-25/h7-11,20-21,24,29H,12-19H2,1-6H3. The molecule has 1 unspecified atom stereocenters. The van der Waals surface area contributed by atoms with E-state index >= 15 is 0 Å². The minimum Gasteiger partial charge on any atom is -0.491 e. The average Bonchev–Trinajstić information content (AvgIpc) is 2.66. The number of hydrogen-bond donors (Lipinski definition) is 1. The minimum atomic E-state index is -0.549. The summed E-state index contributed by atoms with van der Waals surface area (Å²) in [7, 11) is 0. The highest BCUT2D eigenvalue weighted by Gasteiger charge is 2.12. The maximum Gasteiger partial charge on any atom is 0.119 e. The number of aliphatic imine (C=N–C) groups is 2. The molecule has 1 rings (SSSR count). The Labute approximate surface area is 184 Å². The highest BCUT2D eigenvalue weighted by molar-refractivity contribution is 5.82.